The van der Waals surface area contributed by atoms with Gasteiger partial charge in [0.05, 0.1) is 4.90 Å². The van der Waals surface area contributed by atoms with Crippen molar-refractivity contribution in [1.82, 2.24) is 9.62 Å². The maximum atomic E-state index is 13.0. The van der Waals surface area contributed by atoms with Crippen LogP contribution < -0.4 is 10.6 Å². The average molecular weight is 456 g/mol. The number of hydrogen-bond acceptors (Lipinski definition) is 4. The standard InChI is InChI=1S/C24H29N3O4S/c1-3-23(28)26-22-15-16-27(17-18(22)2)32(30,31)21-12-10-20(11-13-21)25-24(29)14-9-19-7-5-4-6-8-19/h3-8,10-13,18,22H,1,9,14-17H2,2H3,(H,25,29)(H,26,28). The van der Waals surface area contributed by atoms with E-state index in [1.54, 1.807) is 12.1 Å². The Morgan fingerprint density at radius 3 is 2.44 bits per heavy atom. The Morgan fingerprint density at radius 1 is 1.12 bits per heavy atom. The fourth-order valence-corrected chi connectivity index (χ4v) is 5.32. The smallest absolute Gasteiger partial charge is 0.243 e. The molecule has 2 atom stereocenters. The average Bonchev–Trinajstić information content (AvgIpc) is 2.80. The largest absolute Gasteiger partial charge is 0.349 e. The summed E-state index contributed by atoms with van der Waals surface area (Å²) in [7, 11) is -3.66. The van der Waals surface area contributed by atoms with Gasteiger partial charge in [-0.1, -0.05) is 43.8 Å². The molecule has 32 heavy (non-hydrogen) atoms. The Labute approximate surface area is 189 Å². The Kier molecular flexibility index (Phi) is 7.82. The summed E-state index contributed by atoms with van der Waals surface area (Å²) in [6, 6.07) is 15.9. The summed E-state index contributed by atoms with van der Waals surface area (Å²) in [6.45, 7) is 6.02. The Balaban J connectivity index is 1.57. The molecule has 8 heteroatoms. The highest BCUT2D eigenvalue weighted by Gasteiger charge is 2.33. The SMILES string of the molecule is C=CC(=O)NC1CCN(S(=O)(=O)c2ccc(NC(=O)CCc3ccccc3)cc2)CC1C. The first-order valence-corrected chi connectivity index (χ1v) is 12.1. The molecule has 2 aromatic carbocycles. The predicted octanol–water partition coefficient (Wildman–Crippen LogP) is 2.96. The van der Waals surface area contributed by atoms with Gasteiger partial charge in [0.1, 0.15) is 0 Å². The van der Waals surface area contributed by atoms with Crippen molar-refractivity contribution in [3.8, 4) is 0 Å². The van der Waals surface area contributed by atoms with E-state index < -0.39 is 10.0 Å². The first-order chi connectivity index (χ1) is 15.3. The quantitative estimate of drug-likeness (QED) is 0.598. The number of amides is 2. The molecule has 0 aliphatic carbocycles. The summed E-state index contributed by atoms with van der Waals surface area (Å²) in [5.41, 5.74) is 1.65. The van der Waals surface area contributed by atoms with E-state index in [2.05, 4.69) is 17.2 Å². The lowest BCUT2D eigenvalue weighted by Crippen LogP contribution is -2.51. The predicted molar refractivity (Wildman–Crippen MR) is 125 cm³/mol. The molecular weight excluding hydrogens is 426 g/mol. The Bertz CT molecular complexity index is 1050. The van der Waals surface area contributed by atoms with E-state index in [1.165, 1.54) is 22.5 Å². The van der Waals surface area contributed by atoms with E-state index in [9.17, 15) is 18.0 Å². The lowest BCUT2D eigenvalue weighted by atomic mass is 9.95. The first-order valence-electron chi connectivity index (χ1n) is 10.7. The normalized spacial score (nSPS) is 19.2. The van der Waals surface area contributed by atoms with E-state index in [4.69, 9.17) is 0 Å². The highest BCUT2D eigenvalue weighted by molar-refractivity contribution is 7.89. The van der Waals surface area contributed by atoms with E-state index in [0.29, 0.717) is 38.0 Å². The van der Waals surface area contributed by atoms with Crippen LogP contribution in [0.25, 0.3) is 0 Å². The van der Waals surface area contributed by atoms with Gasteiger partial charge in [0.2, 0.25) is 21.8 Å². The number of nitrogens with one attached hydrogen (secondary N) is 2. The number of hydrogen-bond donors (Lipinski definition) is 2. The topological polar surface area (TPSA) is 95.6 Å². The van der Waals surface area contributed by atoms with Gasteiger partial charge in [0.15, 0.2) is 0 Å². The molecule has 1 fully saturated rings. The molecule has 2 unspecified atom stereocenters. The maximum Gasteiger partial charge on any atom is 0.243 e. The number of rotatable bonds is 8. The van der Waals surface area contributed by atoms with Crippen LogP contribution in [0.15, 0.2) is 72.1 Å². The summed E-state index contributed by atoms with van der Waals surface area (Å²) in [5, 5.41) is 5.67. The lowest BCUT2D eigenvalue weighted by molar-refractivity contribution is -0.118. The molecule has 1 aliphatic rings. The van der Waals surface area contributed by atoms with Gasteiger partial charge in [-0.25, -0.2) is 8.42 Å². The van der Waals surface area contributed by atoms with Crippen molar-refractivity contribution in [3.05, 3.63) is 72.8 Å². The van der Waals surface area contributed by atoms with Gasteiger partial charge < -0.3 is 10.6 Å². The van der Waals surface area contributed by atoms with Crippen LogP contribution in [0.2, 0.25) is 0 Å². The maximum absolute atomic E-state index is 13.0. The highest BCUT2D eigenvalue weighted by Crippen LogP contribution is 2.25. The van der Waals surface area contributed by atoms with Gasteiger partial charge in [0.25, 0.3) is 0 Å². The molecule has 3 rings (SSSR count). The third kappa shape index (κ3) is 6.05. The molecule has 7 nitrogen and oxygen atoms in total. The molecule has 0 bridgehead atoms. The fourth-order valence-electron chi connectivity index (χ4n) is 3.77. The van der Waals surface area contributed by atoms with Crippen molar-refractivity contribution in [2.75, 3.05) is 18.4 Å². The number of sulfonamides is 1. The minimum atomic E-state index is -3.66. The van der Waals surface area contributed by atoms with Crippen molar-refractivity contribution < 1.29 is 18.0 Å². The number of anilines is 1. The van der Waals surface area contributed by atoms with Crippen molar-refractivity contribution in [1.29, 1.82) is 0 Å². The van der Waals surface area contributed by atoms with Crippen molar-refractivity contribution in [3.63, 3.8) is 0 Å². The van der Waals surface area contributed by atoms with E-state index in [-0.39, 0.29) is 28.7 Å². The third-order valence-corrected chi connectivity index (χ3v) is 7.52. The van der Waals surface area contributed by atoms with Crippen molar-refractivity contribution in [2.24, 2.45) is 5.92 Å². The number of carbonyl (C=O) groups excluding carboxylic acids is 2. The summed E-state index contributed by atoms with van der Waals surface area (Å²) < 4.78 is 27.5. The Hall–Kier alpha value is -2.97. The van der Waals surface area contributed by atoms with E-state index >= 15 is 0 Å². The van der Waals surface area contributed by atoms with Crippen LogP contribution >= 0.6 is 0 Å². The molecule has 1 heterocycles. The van der Waals surface area contributed by atoms with E-state index in [0.717, 1.165) is 5.56 Å². The van der Waals surface area contributed by atoms with E-state index in [1.807, 2.05) is 37.3 Å². The van der Waals surface area contributed by atoms with Crippen molar-refractivity contribution >= 4 is 27.5 Å². The molecule has 0 saturated carbocycles. The number of nitrogens with zero attached hydrogens (tertiary/aromatic N) is 1. The molecule has 0 aromatic heterocycles. The number of aryl methyl sites for hydroxylation is 1. The van der Waals surface area contributed by atoms with Gasteiger partial charge >= 0.3 is 0 Å². The molecule has 2 amide bonds. The van der Waals surface area contributed by atoms with Crippen LogP contribution in [-0.2, 0) is 26.0 Å². The summed E-state index contributed by atoms with van der Waals surface area (Å²) in [6.07, 6.45) is 2.74. The second-order valence-corrected chi connectivity index (χ2v) is 9.94. The van der Waals surface area contributed by atoms with Crippen molar-refractivity contribution in [2.45, 2.75) is 37.1 Å². The van der Waals surface area contributed by atoms with Gasteiger partial charge in [-0.3, -0.25) is 9.59 Å². The number of piperidine rings is 1. The van der Waals surface area contributed by atoms with Gasteiger partial charge in [-0.15, -0.1) is 0 Å². The highest BCUT2D eigenvalue weighted by atomic mass is 32.2. The van der Waals surface area contributed by atoms with Crippen LogP contribution in [-0.4, -0.2) is 43.7 Å². The second kappa shape index (κ2) is 10.6. The molecule has 2 N–H and O–H groups in total. The zero-order valence-electron chi connectivity index (χ0n) is 18.2. The molecule has 0 spiro atoms. The first kappa shape index (κ1) is 23.7. The van der Waals surface area contributed by atoms with Gasteiger partial charge in [-0.2, -0.15) is 4.31 Å². The number of benzene rings is 2. The second-order valence-electron chi connectivity index (χ2n) is 8.01. The monoisotopic (exact) mass is 455 g/mol. The molecule has 170 valence electrons. The van der Waals surface area contributed by atoms with Gasteiger partial charge in [0, 0.05) is 31.2 Å². The Morgan fingerprint density at radius 2 is 1.81 bits per heavy atom. The summed E-state index contributed by atoms with van der Waals surface area (Å²) in [4.78, 5) is 23.9. The van der Waals surface area contributed by atoms with Crippen LogP contribution in [0.4, 0.5) is 5.69 Å². The van der Waals surface area contributed by atoms with Crippen LogP contribution in [0.5, 0.6) is 0 Å². The molecule has 0 radical (unpaired) electrons. The van der Waals surface area contributed by atoms with Crippen LogP contribution in [0, 0.1) is 5.92 Å². The van der Waals surface area contributed by atoms with Gasteiger partial charge in [-0.05, 0) is 54.7 Å². The minimum Gasteiger partial charge on any atom is -0.349 e. The zero-order valence-corrected chi connectivity index (χ0v) is 19.0. The zero-order chi connectivity index (χ0) is 23.1. The summed E-state index contributed by atoms with van der Waals surface area (Å²) in [5.74, 6) is -0.396. The van der Waals surface area contributed by atoms with Crippen LogP contribution in [0.1, 0.15) is 25.3 Å². The third-order valence-electron chi connectivity index (χ3n) is 5.64. The molecule has 1 aliphatic heterocycles. The lowest BCUT2D eigenvalue weighted by Gasteiger charge is -2.36. The molecule has 1 saturated heterocycles. The minimum absolute atomic E-state index is 0.0226. The molecule has 2 aromatic rings. The van der Waals surface area contributed by atoms with Crippen LogP contribution in [0.3, 0.4) is 0 Å². The molecular formula is C24H29N3O4S. The fraction of sp³-hybridized carbons (Fsp3) is 0.333. The number of carbonyl (C=O) groups is 2. The summed E-state index contributed by atoms with van der Waals surface area (Å²) >= 11 is 0.